The number of nitrogens with one attached hydrogen (secondary N) is 3. The first kappa shape index (κ1) is 27.0. The van der Waals surface area contributed by atoms with Gasteiger partial charge in [0.2, 0.25) is 0 Å². The molecular formula is C32H34N6O2S. The molecular weight excluding hydrogens is 532 g/mol. The number of anilines is 2. The summed E-state index contributed by atoms with van der Waals surface area (Å²) in [4.78, 5) is 17.7. The van der Waals surface area contributed by atoms with Gasteiger partial charge in [0.05, 0.1) is 12.8 Å². The molecule has 0 aliphatic carbocycles. The molecule has 3 aromatic heterocycles. The highest BCUT2D eigenvalue weighted by Crippen LogP contribution is 2.41. The number of rotatable bonds is 8. The van der Waals surface area contributed by atoms with Crippen LogP contribution in [0.4, 0.5) is 11.5 Å². The predicted molar refractivity (Wildman–Crippen MR) is 170 cm³/mol. The summed E-state index contributed by atoms with van der Waals surface area (Å²) in [6.45, 7) is 2.96. The molecule has 5 aromatic rings. The smallest absolute Gasteiger partial charge is 0.272 e. The second-order valence-corrected chi connectivity index (χ2v) is 11.2. The van der Waals surface area contributed by atoms with Gasteiger partial charge in [0.1, 0.15) is 17.3 Å². The first-order chi connectivity index (χ1) is 20.0. The van der Waals surface area contributed by atoms with Crippen LogP contribution in [0.15, 0.2) is 66.2 Å². The molecule has 1 aliphatic rings. The average Bonchev–Trinajstić information content (AvgIpc) is 3.60. The first-order valence-electron chi connectivity index (χ1n) is 13.8. The minimum absolute atomic E-state index is 0.199. The number of aryl methyl sites for hydroxylation is 1. The van der Waals surface area contributed by atoms with Crippen molar-refractivity contribution in [3.05, 3.63) is 77.4 Å². The van der Waals surface area contributed by atoms with Crippen LogP contribution in [0, 0.1) is 0 Å². The molecule has 0 bridgehead atoms. The Bertz CT molecular complexity index is 1750. The third-order valence-electron chi connectivity index (χ3n) is 7.76. The molecule has 0 unspecified atom stereocenters. The Morgan fingerprint density at radius 1 is 1.22 bits per heavy atom. The number of ether oxygens (including phenoxy) is 1. The van der Waals surface area contributed by atoms with Crippen LogP contribution < -0.4 is 26.4 Å². The highest BCUT2D eigenvalue weighted by Gasteiger charge is 2.18. The molecule has 4 heterocycles. The molecule has 41 heavy (non-hydrogen) atoms. The summed E-state index contributed by atoms with van der Waals surface area (Å²) < 4.78 is 8.70. The maximum Gasteiger partial charge on any atom is 0.272 e. The molecule has 9 heteroatoms. The number of hydrogen-bond acceptors (Lipinski definition) is 7. The number of piperidine rings is 1. The molecule has 8 nitrogen and oxygen atoms in total. The Morgan fingerprint density at radius 3 is 2.85 bits per heavy atom. The number of nitrogen functional groups attached to an aromatic ring is 1. The molecule has 210 valence electrons. The molecule has 5 N–H and O–H groups in total. The van der Waals surface area contributed by atoms with Crippen molar-refractivity contribution in [2.24, 2.45) is 7.05 Å². The maximum absolute atomic E-state index is 13.2. The van der Waals surface area contributed by atoms with Crippen LogP contribution in [0.1, 0.15) is 28.9 Å². The molecule has 0 atom stereocenters. The van der Waals surface area contributed by atoms with E-state index in [0.717, 1.165) is 70.2 Å². The molecule has 1 fully saturated rings. The fraction of sp³-hybridized carbons (Fsp3) is 0.250. The summed E-state index contributed by atoms with van der Waals surface area (Å²) in [6.07, 6.45) is 8.43. The van der Waals surface area contributed by atoms with Gasteiger partial charge in [-0.3, -0.25) is 4.79 Å². The van der Waals surface area contributed by atoms with Crippen molar-refractivity contribution in [1.82, 2.24) is 20.2 Å². The number of pyridine rings is 1. The number of nitrogens with zero attached hydrogens (tertiary/aromatic N) is 2. The van der Waals surface area contributed by atoms with E-state index in [1.54, 1.807) is 18.4 Å². The second-order valence-electron chi connectivity index (χ2n) is 10.3. The molecule has 0 saturated carbocycles. The van der Waals surface area contributed by atoms with Gasteiger partial charge in [0, 0.05) is 57.9 Å². The van der Waals surface area contributed by atoms with Crippen molar-refractivity contribution in [3.63, 3.8) is 0 Å². The fourth-order valence-corrected chi connectivity index (χ4v) is 6.60. The van der Waals surface area contributed by atoms with Crippen molar-refractivity contribution < 1.29 is 9.53 Å². The highest BCUT2D eigenvalue weighted by atomic mass is 32.1. The zero-order valence-corrected chi connectivity index (χ0v) is 24.1. The Morgan fingerprint density at radius 2 is 2.05 bits per heavy atom. The summed E-state index contributed by atoms with van der Waals surface area (Å²) in [5.74, 6) is 0.865. The van der Waals surface area contributed by atoms with Crippen molar-refractivity contribution in [2.75, 3.05) is 37.8 Å². The van der Waals surface area contributed by atoms with E-state index in [4.69, 9.17) is 10.5 Å². The van der Waals surface area contributed by atoms with E-state index in [1.807, 2.05) is 66.3 Å². The van der Waals surface area contributed by atoms with Crippen LogP contribution in [0.3, 0.4) is 0 Å². The summed E-state index contributed by atoms with van der Waals surface area (Å²) in [7, 11) is 3.50. The van der Waals surface area contributed by atoms with Crippen LogP contribution in [-0.2, 0) is 7.05 Å². The summed E-state index contributed by atoms with van der Waals surface area (Å²) >= 11 is 1.65. The SMILES string of the molecule is COc1cc(-c2csc3c(C=CCNC4CCNCC4)cnc(N)c23)ccc1NC(=O)c1cc2ccccc2n1C. The number of para-hydroxylation sites is 1. The van der Waals surface area contributed by atoms with E-state index in [0.29, 0.717) is 29.0 Å². The van der Waals surface area contributed by atoms with Gasteiger partial charge >= 0.3 is 0 Å². The van der Waals surface area contributed by atoms with E-state index in [1.165, 1.54) is 0 Å². The number of aromatic nitrogens is 2. The highest BCUT2D eigenvalue weighted by molar-refractivity contribution is 7.18. The van der Waals surface area contributed by atoms with E-state index < -0.39 is 0 Å². The summed E-state index contributed by atoms with van der Waals surface area (Å²) in [6, 6.07) is 16.2. The molecule has 6 rings (SSSR count). The normalized spacial score (nSPS) is 14.3. The number of methoxy groups -OCH3 is 1. The fourth-order valence-electron chi connectivity index (χ4n) is 5.52. The minimum atomic E-state index is -0.199. The van der Waals surface area contributed by atoms with Gasteiger partial charge in [0.15, 0.2) is 0 Å². The standard InChI is InChI=1S/C32H34N6O2S/c1-38-26-8-4-3-6-21(26)16-27(38)32(39)37-25-10-9-20(17-28(25)40-2)24-19-41-30-22(18-36-31(33)29(24)30)7-5-13-35-23-11-14-34-15-12-23/h3-10,16-19,23,34-35H,11-15H2,1-2H3,(H2,33,36)(H,37,39). The van der Waals surface area contributed by atoms with Crippen LogP contribution in [-0.4, -0.2) is 48.2 Å². The molecule has 1 amide bonds. The lowest BCUT2D eigenvalue weighted by Crippen LogP contribution is -2.39. The number of benzene rings is 2. The van der Waals surface area contributed by atoms with Gasteiger partial charge < -0.3 is 31.0 Å². The van der Waals surface area contributed by atoms with Crippen molar-refractivity contribution in [1.29, 1.82) is 0 Å². The molecule has 1 aliphatic heterocycles. The van der Waals surface area contributed by atoms with Gasteiger partial charge in [0.25, 0.3) is 5.91 Å². The van der Waals surface area contributed by atoms with Gasteiger partial charge in [-0.05, 0) is 61.1 Å². The van der Waals surface area contributed by atoms with E-state index in [-0.39, 0.29) is 5.91 Å². The van der Waals surface area contributed by atoms with Crippen molar-refractivity contribution in [2.45, 2.75) is 18.9 Å². The lowest BCUT2D eigenvalue weighted by molar-refractivity contribution is 0.101. The molecule has 2 aromatic carbocycles. The van der Waals surface area contributed by atoms with Gasteiger partial charge in [-0.25, -0.2) is 4.98 Å². The van der Waals surface area contributed by atoms with Crippen LogP contribution >= 0.6 is 11.3 Å². The quantitative estimate of drug-likeness (QED) is 0.193. The zero-order valence-electron chi connectivity index (χ0n) is 23.2. The molecule has 0 spiro atoms. The Kier molecular flexibility index (Phi) is 7.74. The van der Waals surface area contributed by atoms with Crippen LogP contribution in [0.5, 0.6) is 5.75 Å². The first-order valence-corrected chi connectivity index (χ1v) is 14.7. The monoisotopic (exact) mass is 566 g/mol. The number of fused-ring (bicyclic) bond motifs is 2. The lowest BCUT2D eigenvalue weighted by Gasteiger charge is -2.23. The van der Waals surface area contributed by atoms with Gasteiger partial charge in [-0.2, -0.15) is 0 Å². The second kappa shape index (κ2) is 11.7. The van der Waals surface area contributed by atoms with Gasteiger partial charge in [-0.1, -0.05) is 36.4 Å². The third-order valence-corrected chi connectivity index (χ3v) is 8.79. The summed E-state index contributed by atoms with van der Waals surface area (Å²) in [5, 5.41) is 14.1. The number of hydrogen-bond donors (Lipinski definition) is 4. The number of thiophene rings is 1. The molecule has 0 radical (unpaired) electrons. The van der Waals surface area contributed by atoms with Crippen molar-refractivity contribution in [3.8, 4) is 16.9 Å². The average molecular weight is 567 g/mol. The minimum Gasteiger partial charge on any atom is -0.495 e. The summed E-state index contributed by atoms with van der Waals surface area (Å²) in [5.41, 5.74) is 11.6. The third kappa shape index (κ3) is 5.44. The van der Waals surface area contributed by atoms with Crippen molar-refractivity contribution >= 4 is 55.8 Å². The number of carbonyl (C=O) groups is 1. The predicted octanol–water partition coefficient (Wildman–Crippen LogP) is 5.65. The topological polar surface area (TPSA) is 106 Å². The van der Waals surface area contributed by atoms with E-state index >= 15 is 0 Å². The number of nitrogens with two attached hydrogens (primary N) is 1. The Hall–Kier alpha value is -4.18. The zero-order chi connectivity index (χ0) is 28.3. The molecule has 1 saturated heterocycles. The maximum atomic E-state index is 13.2. The Labute approximate surface area is 243 Å². The van der Waals surface area contributed by atoms with E-state index in [9.17, 15) is 4.79 Å². The van der Waals surface area contributed by atoms with Gasteiger partial charge in [-0.15, -0.1) is 11.3 Å². The van der Waals surface area contributed by atoms with Crippen LogP contribution in [0.2, 0.25) is 0 Å². The Balaban J connectivity index is 1.24. The number of amides is 1. The van der Waals surface area contributed by atoms with Crippen LogP contribution in [0.25, 0.3) is 38.2 Å². The largest absolute Gasteiger partial charge is 0.495 e. The number of carbonyl (C=O) groups excluding carboxylic acids is 1. The lowest BCUT2D eigenvalue weighted by atomic mass is 10.0. The van der Waals surface area contributed by atoms with E-state index in [2.05, 4.69) is 38.5 Å².